The van der Waals surface area contributed by atoms with Crippen molar-refractivity contribution in [1.82, 2.24) is 9.78 Å². The maximum atomic E-state index is 12.1. The number of carbonyl (C=O) groups is 2. The maximum absolute atomic E-state index is 12.1. The molecule has 0 fully saturated rings. The van der Waals surface area contributed by atoms with Gasteiger partial charge in [-0.3, -0.25) is 9.48 Å². The van der Waals surface area contributed by atoms with Gasteiger partial charge in [-0.15, -0.1) is 11.3 Å². The van der Waals surface area contributed by atoms with Crippen LogP contribution < -0.4 is 5.32 Å². The van der Waals surface area contributed by atoms with E-state index < -0.39 is 11.9 Å². The van der Waals surface area contributed by atoms with Crippen LogP contribution in [0.25, 0.3) is 0 Å². The van der Waals surface area contributed by atoms with Gasteiger partial charge in [0.1, 0.15) is 5.00 Å². The molecule has 0 saturated heterocycles. The summed E-state index contributed by atoms with van der Waals surface area (Å²) in [7, 11) is 2.95. The Hall–Kier alpha value is -1.86. The molecule has 0 radical (unpaired) electrons. The van der Waals surface area contributed by atoms with E-state index in [0.29, 0.717) is 10.6 Å². The highest BCUT2D eigenvalue weighted by Gasteiger charge is 2.20. The van der Waals surface area contributed by atoms with Gasteiger partial charge in [-0.2, -0.15) is 5.10 Å². The highest BCUT2D eigenvalue weighted by atomic mass is 35.5. The molecule has 0 saturated carbocycles. The SMILES string of the molecule is COC(=O)c1cc(C)sc1NC(=O)c1nn(C)cc1Cl. The van der Waals surface area contributed by atoms with Crippen molar-refractivity contribution < 1.29 is 14.3 Å². The van der Waals surface area contributed by atoms with Crippen molar-refractivity contribution in [1.29, 1.82) is 0 Å². The van der Waals surface area contributed by atoms with Crippen LogP contribution in [0.3, 0.4) is 0 Å². The average Bonchev–Trinajstić information content (AvgIpc) is 2.91. The number of hydrogen-bond donors (Lipinski definition) is 1. The quantitative estimate of drug-likeness (QED) is 0.884. The Morgan fingerprint density at radius 3 is 2.75 bits per heavy atom. The van der Waals surface area contributed by atoms with Crippen molar-refractivity contribution in [3.8, 4) is 0 Å². The van der Waals surface area contributed by atoms with Crippen LogP contribution in [0.2, 0.25) is 5.02 Å². The van der Waals surface area contributed by atoms with E-state index in [-0.39, 0.29) is 10.7 Å². The van der Waals surface area contributed by atoms with Crippen LogP contribution in [0.5, 0.6) is 0 Å². The zero-order valence-corrected chi connectivity index (χ0v) is 12.6. The molecule has 2 aromatic heterocycles. The Balaban J connectivity index is 2.28. The summed E-state index contributed by atoms with van der Waals surface area (Å²) in [6, 6.07) is 1.66. The van der Waals surface area contributed by atoms with E-state index in [1.54, 1.807) is 13.1 Å². The molecule has 0 bridgehead atoms. The van der Waals surface area contributed by atoms with Crippen molar-refractivity contribution in [3.05, 3.63) is 33.4 Å². The second-order valence-corrected chi connectivity index (χ2v) is 5.71. The number of methoxy groups -OCH3 is 1. The standard InChI is InChI=1S/C12H12ClN3O3S/c1-6-4-7(12(18)19-3)11(20-6)14-10(17)9-8(13)5-16(2)15-9/h4-5H,1-3H3,(H,14,17). The number of halogens is 1. The summed E-state index contributed by atoms with van der Waals surface area (Å²) in [6.45, 7) is 1.83. The lowest BCUT2D eigenvalue weighted by Crippen LogP contribution is -2.15. The van der Waals surface area contributed by atoms with Gasteiger partial charge in [0.15, 0.2) is 5.69 Å². The van der Waals surface area contributed by atoms with E-state index >= 15 is 0 Å². The minimum Gasteiger partial charge on any atom is -0.465 e. The van der Waals surface area contributed by atoms with E-state index in [0.717, 1.165) is 4.88 Å². The number of aryl methyl sites for hydroxylation is 2. The Kier molecular flexibility index (Phi) is 4.10. The monoisotopic (exact) mass is 313 g/mol. The fraction of sp³-hybridized carbons (Fsp3) is 0.250. The lowest BCUT2D eigenvalue weighted by atomic mass is 10.3. The third-order valence-corrected chi connectivity index (χ3v) is 3.73. The largest absolute Gasteiger partial charge is 0.465 e. The molecule has 6 nitrogen and oxygen atoms in total. The molecular formula is C12H12ClN3O3S. The van der Waals surface area contributed by atoms with Gasteiger partial charge in [0.25, 0.3) is 5.91 Å². The summed E-state index contributed by atoms with van der Waals surface area (Å²) in [4.78, 5) is 24.6. The molecule has 2 heterocycles. The van der Waals surface area contributed by atoms with E-state index in [1.165, 1.54) is 29.3 Å². The third kappa shape index (κ3) is 2.83. The summed E-state index contributed by atoms with van der Waals surface area (Å²) in [6.07, 6.45) is 1.53. The molecule has 0 atom stereocenters. The van der Waals surface area contributed by atoms with Crippen molar-refractivity contribution in [2.24, 2.45) is 7.05 Å². The van der Waals surface area contributed by atoms with Crippen molar-refractivity contribution in [3.63, 3.8) is 0 Å². The Bertz CT molecular complexity index is 678. The molecule has 106 valence electrons. The van der Waals surface area contributed by atoms with Gasteiger partial charge in [0.05, 0.1) is 17.7 Å². The molecular weight excluding hydrogens is 302 g/mol. The number of ether oxygens (including phenoxy) is 1. The van der Waals surface area contributed by atoms with Crippen LogP contribution in [0.4, 0.5) is 5.00 Å². The second kappa shape index (κ2) is 5.64. The van der Waals surface area contributed by atoms with E-state index in [2.05, 4.69) is 15.2 Å². The summed E-state index contributed by atoms with van der Waals surface area (Å²) < 4.78 is 6.12. The zero-order valence-electron chi connectivity index (χ0n) is 11.1. The molecule has 2 aromatic rings. The molecule has 1 N–H and O–H groups in total. The lowest BCUT2D eigenvalue weighted by molar-refractivity contribution is 0.0602. The summed E-state index contributed by atoms with van der Waals surface area (Å²) in [5.41, 5.74) is 0.423. The molecule has 2 rings (SSSR count). The molecule has 1 amide bonds. The molecule has 20 heavy (non-hydrogen) atoms. The van der Waals surface area contributed by atoms with Gasteiger partial charge in [-0.25, -0.2) is 4.79 Å². The minimum absolute atomic E-state index is 0.107. The van der Waals surface area contributed by atoms with Gasteiger partial charge in [0.2, 0.25) is 0 Å². The molecule has 0 unspecified atom stereocenters. The molecule has 0 aliphatic heterocycles. The van der Waals surface area contributed by atoms with Crippen molar-refractivity contribution in [2.75, 3.05) is 12.4 Å². The number of thiophene rings is 1. The van der Waals surface area contributed by atoms with Gasteiger partial charge in [0, 0.05) is 18.1 Å². The average molecular weight is 314 g/mol. The zero-order chi connectivity index (χ0) is 14.9. The lowest BCUT2D eigenvalue weighted by Gasteiger charge is -2.03. The van der Waals surface area contributed by atoms with Gasteiger partial charge in [-0.05, 0) is 13.0 Å². The Labute approximate surface area is 124 Å². The molecule has 0 aliphatic rings. The van der Waals surface area contributed by atoms with Crippen LogP contribution in [0.15, 0.2) is 12.3 Å². The first-order valence-electron chi connectivity index (χ1n) is 5.61. The number of nitrogens with one attached hydrogen (secondary N) is 1. The number of hydrogen-bond acceptors (Lipinski definition) is 5. The second-order valence-electron chi connectivity index (χ2n) is 4.04. The van der Waals surface area contributed by atoms with Crippen LogP contribution >= 0.6 is 22.9 Å². The van der Waals surface area contributed by atoms with Crippen molar-refractivity contribution in [2.45, 2.75) is 6.92 Å². The van der Waals surface area contributed by atoms with Crippen molar-refractivity contribution >= 4 is 39.8 Å². The molecule has 8 heteroatoms. The Morgan fingerprint density at radius 2 is 2.20 bits per heavy atom. The first-order valence-corrected chi connectivity index (χ1v) is 6.81. The number of carbonyl (C=O) groups excluding carboxylic acids is 2. The summed E-state index contributed by atoms with van der Waals surface area (Å²) in [5, 5.41) is 7.27. The first-order chi connectivity index (χ1) is 9.42. The highest BCUT2D eigenvalue weighted by molar-refractivity contribution is 7.16. The number of amides is 1. The minimum atomic E-state index is -0.503. The van der Waals surface area contributed by atoms with Crippen LogP contribution in [0, 0.1) is 6.92 Å². The Morgan fingerprint density at radius 1 is 1.50 bits per heavy atom. The normalized spacial score (nSPS) is 10.4. The third-order valence-electron chi connectivity index (χ3n) is 2.49. The van der Waals surface area contributed by atoms with Crippen LogP contribution in [0.1, 0.15) is 25.7 Å². The predicted octanol–water partition coefficient (Wildman–Crippen LogP) is 2.48. The molecule has 0 aromatic carbocycles. The number of nitrogens with zero attached hydrogens (tertiary/aromatic N) is 2. The number of esters is 1. The fourth-order valence-corrected chi connectivity index (χ4v) is 2.80. The summed E-state index contributed by atoms with van der Waals surface area (Å²) >= 11 is 7.19. The fourth-order valence-electron chi connectivity index (χ4n) is 1.64. The number of rotatable bonds is 3. The predicted molar refractivity (Wildman–Crippen MR) is 76.6 cm³/mol. The van der Waals surface area contributed by atoms with E-state index in [4.69, 9.17) is 11.6 Å². The number of aromatic nitrogens is 2. The smallest absolute Gasteiger partial charge is 0.340 e. The van der Waals surface area contributed by atoms with Gasteiger partial charge < -0.3 is 10.1 Å². The topological polar surface area (TPSA) is 73.2 Å². The van der Waals surface area contributed by atoms with Gasteiger partial charge in [-0.1, -0.05) is 11.6 Å². The molecule has 0 aliphatic carbocycles. The first kappa shape index (κ1) is 14.5. The maximum Gasteiger partial charge on any atom is 0.340 e. The molecule has 0 spiro atoms. The van der Waals surface area contributed by atoms with Crippen LogP contribution in [-0.4, -0.2) is 28.8 Å². The van der Waals surface area contributed by atoms with E-state index in [1.807, 2.05) is 6.92 Å². The van der Waals surface area contributed by atoms with Gasteiger partial charge >= 0.3 is 5.97 Å². The summed E-state index contributed by atoms with van der Waals surface area (Å²) in [5.74, 6) is -0.973. The number of anilines is 1. The van der Waals surface area contributed by atoms with Crippen LogP contribution in [-0.2, 0) is 11.8 Å². The van der Waals surface area contributed by atoms with E-state index in [9.17, 15) is 9.59 Å². The highest BCUT2D eigenvalue weighted by Crippen LogP contribution is 2.29.